The second kappa shape index (κ2) is 2.74. The number of aliphatic hydroxyl groups excluding tert-OH is 1. The largest absolute Gasteiger partial charge is 0.393 e. The van der Waals surface area contributed by atoms with E-state index in [9.17, 15) is 5.11 Å². The first-order chi connectivity index (χ1) is 4.86. The van der Waals surface area contributed by atoms with E-state index in [1.54, 1.807) is 0 Å². The SMILES string of the molecule is O[C@H]1CCC[C@@H]2S[C@@H]2CC1. The van der Waals surface area contributed by atoms with Crippen molar-refractivity contribution in [3.63, 3.8) is 0 Å². The average Bonchev–Trinajstić information content (AvgIpc) is 2.59. The second-order valence-electron chi connectivity index (χ2n) is 3.38. The fraction of sp³-hybridized carbons (Fsp3) is 1.00. The molecule has 2 fully saturated rings. The van der Waals surface area contributed by atoms with E-state index in [-0.39, 0.29) is 6.10 Å². The molecule has 0 amide bonds. The third-order valence-corrected chi connectivity index (χ3v) is 4.01. The fourth-order valence-electron chi connectivity index (χ4n) is 1.74. The Kier molecular flexibility index (Phi) is 1.92. The summed E-state index contributed by atoms with van der Waals surface area (Å²) < 4.78 is 0. The van der Waals surface area contributed by atoms with Crippen LogP contribution in [0, 0.1) is 0 Å². The van der Waals surface area contributed by atoms with E-state index in [0.29, 0.717) is 0 Å². The van der Waals surface area contributed by atoms with Crippen molar-refractivity contribution >= 4 is 11.8 Å². The molecule has 2 heteroatoms. The highest BCUT2D eigenvalue weighted by Gasteiger charge is 2.38. The summed E-state index contributed by atoms with van der Waals surface area (Å²) in [5, 5.41) is 11.2. The highest BCUT2D eigenvalue weighted by molar-refractivity contribution is 8.07. The maximum atomic E-state index is 9.34. The lowest BCUT2D eigenvalue weighted by Crippen LogP contribution is -2.11. The Hall–Kier alpha value is 0.310. The van der Waals surface area contributed by atoms with E-state index in [0.717, 1.165) is 23.3 Å². The first kappa shape index (κ1) is 6.99. The summed E-state index contributed by atoms with van der Waals surface area (Å²) in [6.45, 7) is 0. The van der Waals surface area contributed by atoms with E-state index in [1.165, 1.54) is 19.3 Å². The number of fused-ring (bicyclic) bond motifs is 1. The van der Waals surface area contributed by atoms with Crippen LogP contribution in [-0.2, 0) is 0 Å². The summed E-state index contributed by atoms with van der Waals surface area (Å²) in [4.78, 5) is 0. The van der Waals surface area contributed by atoms with Crippen molar-refractivity contribution in [1.82, 2.24) is 0 Å². The van der Waals surface area contributed by atoms with Crippen molar-refractivity contribution in [3.05, 3.63) is 0 Å². The molecule has 1 nitrogen and oxygen atoms in total. The van der Waals surface area contributed by atoms with Crippen LogP contribution in [0.5, 0.6) is 0 Å². The lowest BCUT2D eigenvalue weighted by molar-refractivity contribution is 0.145. The van der Waals surface area contributed by atoms with Crippen LogP contribution in [0.3, 0.4) is 0 Å². The Bertz CT molecular complexity index is 124. The van der Waals surface area contributed by atoms with Crippen molar-refractivity contribution in [3.8, 4) is 0 Å². The molecule has 1 saturated carbocycles. The number of thioether (sulfide) groups is 1. The molecule has 1 aliphatic carbocycles. The van der Waals surface area contributed by atoms with Gasteiger partial charge in [-0.2, -0.15) is 11.8 Å². The van der Waals surface area contributed by atoms with Crippen LogP contribution < -0.4 is 0 Å². The van der Waals surface area contributed by atoms with Crippen LogP contribution in [0.4, 0.5) is 0 Å². The molecule has 1 N–H and O–H groups in total. The number of rotatable bonds is 0. The van der Waals surface area contributed by atoms with Gasteiger partial charge in [0.1, 0.15) is 0 Å². The monoisotopic (exact) mass is 158 g/mol. The summed E-state index contributed by atoms with van der Waals surface area (Å²) in [5.41, 5.74) is 0. The molecule has 0 aromatic carbocycles. The zero-order chi connectivity index (χ0) is 6.97. The molecule has 0 bridgehead atoms. The normalized spacial score (nSPS) is 47.1. The van der Waals surface area contributed by atoms with E-state index >= 15 is 0 Å². The Balaban J connectivity index is 1.83. The third kappa shape index (κ3) is 1.48. The molecule has 0 aromatic heterocycles. The molecule has 58 valence electrons. The van der Waals surface area contributed by atoms with Gasteiger partial charge in [-0.05, 0) is 32.1 Å². The van der Waals surface area contributed by atoms with E-state index in [4.69, 9.17) is 0 Å². The predicted octanol–water partition coefficient (Wildman–Crippen LogP) is 1.80. The van der Waals surface area contributed by atoms with E-state index in [2.05, 4.69) is 11.8 Å². The lowest BCUT2D eigenvalue weighted by atomic mass is 9.99. The van der Waals surface area contributed by atoms with Crippen LogP contribution in [0.2, 0.25) is 0 Å². The lowest BCUT2D eigenvalue weighted by Gasteiger charge is -2.11. The van der Waals surface area contributed by atoms with E-state index < -0.39 is 0 Å². The molecule has 2 aliphatic rings. The van der Waals surface area contributed by atoms with Gasteiger partial charge in [-0.25, -0.2) is 0 Å². The summed E-state index contributed by atoms with van der Waals surface area (Å²) in [6.07, 6.45) is 5.97. The third-order valence-electron chi connectivity index (χ3n) is 2.50. The maximum absolute atomic E-state index is 9.34. The molecule has 3 atom stereocenters. The van der Waals surface area contributed by atoms with Gasteiger partial charge in [0, 0.05) is 10.5 Å². The smallest absolute Gasteiger partial charge is 0.0540 e. The van der Waals surface area contributed by atoms with Gasteiger partial charge in [0.05, 0.1) is 6.10 Å². The summed E-state index contributed by atoms with van der Waals surface area (Å²) in [7, 11) is 0. The van der Waals surface area contributed by atoms with Crippen LogP contribution >= 0.6 is 11.8 Å². The van der Waals surface area contributed by atoms with E-state index in [1.807, 2.05) is 0 Å². The molecule has 0 aromatic rings. The molecule has 0 unspecified atom stereocenters. The highest BCUT2D eigenvalue weighted by atomic mass is 32.2. The highest BCUT2D eigenvalue weighted by Crippen LogP contribution is 2.48. The predicted molar refractivity (Wildman–Crippen MR) is 44.3 cm³/mol. The first-order valence-electron chi connectivity index (χ1n) is 4.20. The number of hydrogen-bond donors (Lipinski definition) is 1. The molecule has 10 heavy (non-hydrogen) atoms. The Morgan fingerprint density at radius 1 is 1.00 bits per heavy atom. The molecule has 0 radical (unpaired) electrons. The zero-order valence-electron chi connectivity index (χ0n) is 6.12. The Morgan fingerprint density at radius 3 is 2.70 bits per heavy atom. The molecular weight excluding hydrogens is 144 g/mol. The molecule has 1 saturated heterocycles. The summed E-state index contributed by atoms with van der Waals surface area (Å²) >= 11 is 2.12. The van der Waals surface area contributed by atoms with Crippen molar-refractivity contribution < 1.29 is 5.11 Å². The van der Waals surface area contributed by atoms with Crippen molar-refractivity contribution in [2.24, 2.45) is 0 Å². The van der Waals surface area contributed by atoms with Crippen molar-refractivity contribution in [2.45, 2.75) is 48.7 Å². The van der Waals surface area contributed by atoms with Crippen LogP contribution in [-0.4, -0.2) is 21.7 Å². The average molecular weight is 158 g/mol. The van der Waals surface area contributed by atoms with Crippen LogP contribution in [0.15, 0.2) is 0 Å². The van der Waals surface area contributed by atoms with Crippen molar-refractivity contribution in [1.29, 1.82) is 0 Å². The molecular formula is C8H14OS. The summed E-state index contributed by atoms with van der Waals surface area (Å²) in [6, 6.07) is 0. The summed E-state index contributed by atoms with van der Waals surface area (Å²) in [5.74, 6) is 0. The van der Waals surface area contributed by atoms with Gasteiger partial charge < -0.3 is 5.11 Å². The van der Waals surface area contributed by atoms with Crippen LogP contribution in [0.25, 0.3) is 0 Å². The molecule has 1 aliphatic heterocycles. The topological polar surface area (TPSA) is 20.2 Å². The van der Waals surface area contributed by atoms with Gasteiger partial charge >= 0.3 is 0 Å². The van der Waals surface area contributed by atoms with Crippen LogP contribution in [0.1, 0.15) is 32.1 Å². The van der Waals surface area contributed by atoms with Gasteiger partial charge in [-0.3, -0.25) is 0 Å². The fourth-order valence-corrected chi connectivity index (χ4v) is 2.95. The standard InChI is InChI=1S/C8H14OS/c9-6-2-1-3-7-8(10-7)5-4-6/h6-9H,1-5H2/t6-,7-,8+/m0/s1. The minimum absolute atomic E-state index is 0.0159. The minimum Gasteiger partial charge on any atom is -0.393 e. The number of hydrogen-bond acceptors (Lipinski definition) is 2. The minimum atomic E-state index is 0.0159. The van der Waals surface area contributed by atoms with Gasteiger partial charge in [0.25, 0.3) is 0 Å². The van der Waals surface area contributed by atoms with Gasteiger partial charge in [0.15, 0.2) is 0 Å². The Morgan fingerprint density at radius 2 is 1.80 bits per heavy atom. The van der Waals surface area contributed by atoms with Crippen molar-refractivity contribution in [2.75, 3.05) is 0 Å². The van der Waals surface area contributed by atoms with Gasteiger partial charge in [-0.1, -0.05) is 0 Å². The number of aliphatic hydroxyl groups is 1. The molecule has 0 spiro atoms. The molecule has 2 rings (SSSR count). The zero-order valence-corrected chi connectivity index (χ0v) is 6.94. The second-order valence-corrected chi connectivity index (χ2v) is 4.86. The quantitative estimate of drug-likeness (QED) is 0.542. The van der Waals surface area contributed by atoms with Gasteiger partial charge in [-0.15, -0.1) is 0 Å². The maximum Gasteiger partial charge on any atom is 0.0540 e. The first-order valence-corrected chi connectivity index (χ1v) is 5.14. The Labute approximate surface area is 66.2 Å². The van der Waals surface area contributed by atoms with Gasteiger partial charge in [0.2, 0.25) is 0 Å². The molecule has 1 heterocycles.